The lowest BCUT2D eigenvalue weighted by Crippen LogP contribution is -2.18. The Morgan fingerprint density at radius 1 is 1.47 bits per heavy atom. The van der Waals surface area contributed by atoms with Gasteiger partial charge in [0.25, 0.3) is 0 Å². The molecule has 1 aliphatic heterocycles. The quantitative estimate of drug-likeness (QED) is 0.851. The molecule has 3 heteroatoms. The molecule has 1 aliphatic rings. The maximum absolute atomic E-state index is 5.23. The number of anilines is 1. The van der Waals surface area contributed by atoms with Crippen LogP contribution in [0.1, 0.15) is 12.0 Å². The summed E-state index contributed by atoms with van der Waals surface area (Å²) in [4.78, 5) is 0. The number of hydrogen-bond acceptors (Lipinski definition) is 3. The van der Waals surface area contributed by atoms with Crippen molar-refractivity contribution < 1.29 is 4.74 Å². The van der Waals surface area contributed by atoms with E-state index in [-0.39, 0.29) is 0 Å². The van der Waals surface area contributed by atoms with Crippen molar-refractivity contribution in [2.45, 2.75) is 19.4 Å². The SMILES string of the molecule is COc1ccc(C)c(NC2CCSC2)c1. The summed E-state index contributed by atoms with van der Waals surface area (Å²) in [5.74, 6) is 3.42. The number of benzene rings is 1. The van der Waals surface area contributed by atoms with Crippen LogP contribution < -0.4 is 10.1 Å². The smallest absolute Gasteiger partial charge is 0.120 e. The molecule has 0 spiro atoms. The van der Waals surface area contributed by atoms with Gasteiger partial charge in [-0.05, 0) is 30.7 Å². The second-order valence-electron chi connectivity index (χ2n) is 3.89. The lowest BCUT2D eigenvalue weighted by Gasteiger charge is -2.15. The van der Waals surface area contributed by atoms with Crippen LogP contribution in [-0.4, -0.2) is 24.7 Å². The Bertz CT molecular complexity index is 334. The van der Waals surface area contributed by atoms with Crippen molar-refractivity contribution in [3.63, 3.8) is 0 Å². The normalized spacial score (nSPS) is 20.3. The first-order valence-electron chi connectivity index (χ1n) is 5.28. The van der Waals surface area contributed by atoms with E-state index in [4.69, 9.17) is 4.74 Å². The second kappa shape index (κ2) is 4.79. The van der Waals surface area contributed by atoms with E-state index in [1.165, 1.54) is 29.2 Å². The number of rotatable bonds is 3. The van der Waals surface area contributed by atoms with E-state index >= 15 is 0 Å². The molecule has 2 rings (SSSR count). The van der Waals surface area contributed by atoms with E-state index in [9.17, 15) is 0 Å². The Morgan fingerprint density at radius 2 is 2.33 bits per heavy atom. The summed E-state index contributed by atoms with van der Waals surface area (Å²) in [5.41, 5.74) is 2.49. The molecule has 1 heterocycles. The molecule has 0 saturated carbocycles. The Labute approximate surface area is 95.4 Å². The highest BCUT2D eigenvalue weighted by atomic mass is 32.2. The molecule has 0 aliphatic carbocycles. The molecule has 15 heavy (non-hydrogen) atoms. The van der Waals surface area contributed by atoms with E-state index in [0.717, 1.165) is 5.75 Å². The summed E-state index contributed by atoms with van der Waals surface area (Å²) < 4.78 is 5.23. The zero-order valence-corrected chi connectivity index (χ0v) is 10.1. The largest absolute Gasteiger partial charge is 0.497 e. The molecule has 1 N–H and O–H groups in total. The van der Waals surface area contributed by atoms with Crippen LogP contribution in [0.5, 0.6) is 5.75 Å². The van der Waals surface area contributed by atoms with Crippen LogP contribution in [-0.2, 0) is 0 Å². The van der Waals surface area contributed by atoms with E-state index < -0.39 is 0 Å². The van der Waals surface area contributed by atoms with E-state index in [0.29, 0.717) is 6.04 Å². The first-order chi connectivity index (χ1) is 7.29. The van der Waals surface area contributed by atoms with Crippen molar-refractivity contribution in [3.8, 4) is 5.75 Å². The molecule has 1 unspecified atom stereocenters. The molecule has 1 aromatic rings. The molecule has 82 valence electrons. The molecule has 2 nitrogen and oxygen atoms in total. The topological polar surface area (TPSA) is 21.3 Å². The summed E-state index contributed by atoms with van der Waals surface area (Å²) in [6, 6.07) is 6.81. The van der Waals surface area contributed by atoms with Crippen LogP contribution in [0.3, 0.4) is 0 Å². The number of hydrogen-bond donors (Lipinski definition) is 1. The minimum atomic E-state index is 0.626. The lowest BCUT2D eigenvalue weighted by molar-refractivity contribution is 0.415. The average molecular weight is 223 g/mol. The third kappa shape index (κ3) is 2.59. The molecule has 1 atom stereocenters. The third-order valence-electron chi connectivity index (χ3n) is 2.73. The summed E-state index contributed by atoms with van der Waals surface area (Å²) in [6.07, 6.45) is 1.27. The van der Waals surface area contributed by atoms with Gasteiger partial charge in [-0.2, -0.15) is 11.8 Å². The van der Waals surface area contributed by atoms with Crippen molar-refractivity contribution in [1.29, 1.82) is 0 Å². The first-order valence-corrected chi connectivity index (χ1v) is 6.44. The molecule has 0 aromatic heterocycles. The highest BCUT2D eigenvalue weighted by molar-refractivity contribution is 7.99. The maximum atomic E-state index is 5.23. The Morgan fingerprint density at radius 3 is 3.00 bits per heavy atom. The van der Waals surface area contributed by atoms with Crippen LogP contribution in [0.25, 0.3) is 0 Å². The van der Waals surface area contributed by atoms with Gasteiger partial charge in [-0.15, -0.1) is 0 Å². The van der Waals surface area contributed by atoms with Crippen molar-refractivity contribution >= 4 is 17.4 Å². The predicted octanol–water partition coefficient (Wildman–Crippen LogP) is 2.92. The minimum Gasteiger partial charge on any atom is -0.497 e. The van der Waals surface area contributed by atoms with Gasteiger partial charge in [-0.25, -0.2) is 0 Å². The van der Waals surface area contributed by atoms with Gasteiger partial charge in [0.15, 0.2) is 0 Å². The van der Waals surface area contributed by atoms with Gasteiger partial charge < -0.3 is 10.1 Å². The summed E-state index contributed by atoms with van der Waals surface area (Å²) in [7, 11) is 1.71. The van der Waals surface area contributed by atoms with Gasteiger partial charge in [0.05, 0.1) is 7.11 Å². The van der Waals surface area contributed by atoms with E-state index in [2.05, 4.69) is 24.4 Å². The van der Waals surface area contributed by atoms with Crippen LogP contribution in [0.4, 0.5) is 5.69 Å². The number of thioether (sulfide) groups is 1. The number of aryl methyl sites for hydroxylation is 1. The van der Waals surface area contributed by atoms with Gasteiger partial charge in [0, 0.05) is 23.5 Å². The molecular formula is C12H17NOS. The van der Waals surface area contributed by atoms with Crippen LogP contribution in [0.15, 0.2) is 18.2 Å². The van der Waals surface area contributed by atoms with Crippen LogP contribution in [0, 0.1) is 6.92 Å². The van der Waals surface area contributed by atoms with Gasteiger partial charge >= 0.3 is 0 Å². The molecule has 0 bridgehead atoms. The summed E-state index contributed by atoms with van der Waals surface area (Å²) >= 11 is 2.02. The average Bonchev–Trinajstić information content (AvgIpc) is 2.74. The predicted molar refractivity (Wildman–Crippen MR) is 67.1 cm³/mol. The fraction of sp³-hybridized carbons (Fsp3) is 0.500. The summed E-state index contributed by atoms with van der Waals surface area (Å²) in [6.45, 7) is 2.13. The minimum absolute atomic E-state index is 0.626. The maximum Gasteiger partial charge on any atom is 0.120 e. The monoisotopic (exact) mass is 223 g/mol. The molecule has 1 aromatic carbocycles. The number of nitrogens with one attached hydrogen (secondary N) is 1. The number of ether oxygens (including phenoxy) is 1. The standard InChI is InChI=1S/C12H17NOS/c1-9-3-4-11(14-2)7-12(9)13-10-5-6-15-8-10/h3-4,7,10,13H,5-6,8H2,1-2H3. The molecular weight excluding hydrogens is 206 g/mol. The van der Waals surface area contributed by atoms with Gasteiger partial charge in [0.1, 0.15) is 5.75 Å². The molecule has 0 amide bonds. The van der Waals surface area contributed by atoms with Crippen molar-refractivity contribution in [2.24, 2.45) is 0 Å². The Balaban J connectivity index is 2.11. The fourth-order valence-corrected chi connectivity index (χ4v) is 2.90. The van der Waals surface area contributed by atoms with Crippen LogP contribution >= 0.6 is 11.8 Å². The first kappa shape index (κ1) is 10.7. The highest BCUT2D eigenvalue weighted by Gasteiger charge is 2.15. The third-order valence-corrected chi connectivity index (χ3v) is 3.90. The van der Waals surface area contributed by atoms with Crippen molar-refractivity contribution in [3.05, 3.63) is 23.8 Å². The van der Waals surface area contributed by atoms with Crippen molar-refractivity contribution in [2.75, 3.05) is 23.9 Å². The molecule has 1 fully saturated rings. The molecule has 0 radical (unpaired) electrons. The Kier molecular flexibility index (Phi) is 3.41. The fourth-order valence-electron chi connectivity index (χ4n) is 1.75. The Hall–Kier alpha value is -0.830. The number of methoxy groups -OCH3 is 1. The van der Waals surface area contributed by atoms with Crippen LogP contribution in [0.2, 0.25) is 0 Å². The molecule has 1 saturated heterocycles. The highest BCUT2D eigenvalue weighted by Crippen LogP contribution is 2.26. The van der Waals surface area contributed by atoms with Gasteiger partial charge in [0.2, 0.25) is 0 Å². The zero-order chi connectivity index (χ0) is 10.7. The van der Waals surface area contributed by atoms with Gasteiger partial charge in [-0.1, -0.05) is 6.07 Å². The van der Waals surface area contributed by atoms with Gasteiger partial charge in [-0.3, -0.25) is 0 Å². The zero-order valence-electron chi connectivity index (χ0n) is 9.25. The second-order valence-corrected chi connectivity index (χ2v) is 5.04. The van der Waals surface area contributed by atoms with Crippen molar-refractivity contribution in [1.82, 2.24) is 0 Å². The van der Waals surface area contributed by atoms with E-state index in [1.807, 2.05) is 17.8 Å². The summed E-state index contributed by atoms with van der Waals surface area (Å²) in [5, 5.41) is 3.58. The lowest BCUT2D eigenvalue weighted by atomic mass is 10.1. The van der Waals surface area contributed by atoms with E-state index in [1.54, 1.807) is 7.11 Å².